The molecule has 0 aliphatic carbocycles. The quantitative estimate of drug-likeness (QED) is 0.645. The topological polar surface area (TPSA) is 53.6 Å². The van der Waals surface area contributed by atoms with E-state index in [2.05, 4.69) is 0 Å². The normalized spacial score (nSPS) is 11.2. The van der Waals surface area contributed by atoms with Crippen molar-refractivity contribution in [2.75, 3.05) is 0 Å². The molecule has 0 atom stereocenters. The lowest BCUT2D eigenvalue weighted by atomic mass is 9.80. The summed E-state index contributed by atoms with van der Waals surface area (Å²) >= 11 is 6.12. The maximum atomic E-state index is 9.15. The number of hydrogen-bond donors (Lipinski definition) is 2. The van der Waals surface area contributed by atoms with Crippen LogP contribution < -0.4 is 5.46 Å². The summed E-state index contributed by atoms with van der Waals surface area (Å²) in [7, 11) is -1.49. The van der Waals surface area contributed by atoms with Crippen LogP contribution in [0.3, 0.4) is 0 Å². The minimum absolute atomic E-state index is 0.417. The van der Waals surface area contributed by atoms with E-state index in [0.29, 0.717) is 21.7 Å². The summed E-state index contributed by atoms with van der Waals surface area (Å²) < 4.78 is 5.62. The first-order chi connectivity index (χ1) is 8.16. The molecule has 1 aromatic heterocycles. The zero-order chi connectivity index (χ0) is 12.0. The Morgan fingerprint density at radius 3 is 2.65 bits per heavy atom. The maximum absolute atomic E-state index is 9.15. The van der Waals surface area contributed by atoms with Crippen molar-refractivity contribution in [3.63, 3.8) is 0 Å². The molecule has 3 rings (SSSR count). The van der Waals surface area contributed by atoms with Gasteiger partial charge in [-0.15, -0.1) is 0 Å². The van der Waals surface area contributed by atoms with Crippen molar-refractivity contribution >= 4 is 46.1 Å². The molecular formula is C12H8BClO3. The summed E-state index contributed by atoms with van der Waals surface area (Å²) in [6.45, 7) is 0. The molecule has 0 aliphatic rings. The van der Waals surface area contributed by atoms with Gasteiger partial charge in [-0.3, -0.25) is 0 Å². The number of halogens is 1. The van der Waals surface area contributed by atoms with Crippen LogP contribution >= 0.6 is 11.6 Å². The van der Waals surface area contributed by atoms with E-state index in [4.69, 9.17) is 26.1 Å². The third-order valence-electron chi connectivity index (χ3n) is 2.77. The van der Waals surface area contributed by atoms with Crippen LogP contribution in [0.4, 0.5) is 0 Å². The molecule has 3 aromatic rings. The molecule has 0 spiro atoms. The van der Waals surface area contributed by atoms with Crippen molar-refractivity contribution in [3.8, 4) is 0 Å². The summed E-state index contributed by atoms with van der Waals surface area (Å²) in [5, 5.41) is 20.5. The Hall–Kier alpha value is -1.49. The van der Waals surface area contributed by atoms with Gasteiger partial charge in [-0.25, -0.2) is 0 Å². The number of furan rings is 1. The van der Waals surface area contributed by atoms with Gasteiger partial charge in [0.2, 0.25) is 0 Å². The van der Waals surface area contributed by atoms with E-state index in [9.17, 15) is 0 Å². The predicted octanol–water partition coefficient (Wildman–Crippen LogP) is 1.92. The van der Waals surface area contributed by atoms with Crippen LogP contribution in [0.2, 0.25) is 5.02 Å². The molecule has 3 nitrogen and oxygen atoms in total. The fourth-order valence-electron chi connectivity index (χ4n) is 1.96. The molecule has 0 bridgehead atoms. The van der Waals surface area contributed by atoms with Gasteiger partial charge in [-0.05, 0) is 23.7 Å². The van der Waals surface area contributed by atoms with Crippen LogP contribution in [-0.4, -0.2) is 17.2 Å². The van der Waals surface area contributed by atoms with E-state index in [-0.39, 0.29) is 0 Å². The van der Waals surface area contributed by atoms with E-state index >= 15 is 0 Å². The number of benzene rings is 2. The van der Waals surface area contributed by atoms with Crippen LogP contribution in [0.1, 0.15) is 0 Å². The fraction of sp³-hybridized carbons (Fsp3) is 0. The minimum Gasteiger partial charge on any atom is -0.456 e. The van der Waals surface area contributed by atoms with Crippen molar-refractivity contribution < 1.29 is 14.5 Å². The Morgan fingerprint density at radius 2 is 1.88 bits per heavy atom. The molecule has 5 heteroatoms. The molecule has 0 radical (unpaired) electrons. The second-order valence-corrected chi connectivity index (χ2v) is 4.25. The Labute approximate surface area is 102 Å². The first-order valence-electron chi connectivity index (χ1n) is 5.13. The number of fused-ring (bicyclic) bond motifs is 3. The van der Waals surface area contributed by atoms with Gasteiger partial charge in [0.1, 0.15) is 11.2 Å². The van der Waals surface area contributed by atoms with E-state index in [0.717, 1.165) is 10.8 Å². The smallest absolute Gasteiger partial charge is 0.456 e. The standard InChI is InChI=1S/C12H8BClO3/c14-9-2-1-3-11-12(9)8-6-7(13(15)16)4-5-10(8)17-11/h1-6,15-16H. The van der Waals surface area contributed by atoms with Gasteiger partial charge in [0.05, 0.1) is 5.02 Å². The third kappa shape index (κ3) is 1.62. The minimum atomic E-state index is -1.49. The summed E-state index contributed by atoms with van der Waals surface area (Å²) in [6.07, 6.45) is 0. The van der Waals surface area contributed by atoms with Gasteiger partial charge in [0, 0.05) is 10.8 Å². The Balaban J connectivity index is 2.44. The van der Waals surface area contributed by atoms with Crippen LogP contribution in [0.5, 0.6) is 0 Å². The first kappa shape index (κ1) is 10.7. The van der Waals surface area contributed by atoms with Crippen LogP contribution in [0, 0.1) is 0 Å². The van der Waals surface area contributed by atoms with Crippen molar-refractivity contribution in [2.45, 2.75) is 0 Å². The average molecular weight is 246 g/mol. The van der Waals surface area contributed by atoms with Crippen molar-refractivity contribution in [1.29, 1.82) is 0 Å². The van der Waals surface area contributed by atoms with E-state index < -0.39 is 7.12 Å². The fourth-order valence-corrected chi connectivity index (χ4v) is 2.23. The zero-order valence-corrected chi connectivity index (χ0v) is 9.48. The molecular weight excluding hydrogens is 238 g/mol. The van der Waals surface area contributed by atoms with Crippen LogP contribution in [-0.2, 0) is 0 Å². The van der Waals surface area contributed by atoms with E-state index in [1.807, 2.05) is 12.1 Å². The highest BCUT2D eigenvalue weighted by Crippen LogP contribution is 2.33. The molecule has 2 aromatic carbocycles. The van der Waals surface area contributed by atoms with Crippen molar-refractivity contribution in [3.05, 3.63) is 41.4 Å². The molecule has 0 fully saturated rings. The highest BCUT2D eigenvalue weighted by atomic mass is 35.5. The molecule has 1 heterocycles. The molecule has 17 heavy (non-hydrogen) atoms. The molecule has 0 amide bonds. The van der Waals surface area contributed by atoms with Crippen molar-refractivity contribution in [2.24, 2.45) is 0 Å². The molecule has 0 saturated heterocycles. The Morgan fingerprint density at radius 1 is 1.06 bits per heavy atom. The van der Waals surface area contributed by atoms with E-state index in [1.165, 1.54) is 0 Å². The van der Waals surface area contributed by atoms with Crippen molar-refractivity contribution in [1.82, 2.24) is 0 Å². The average Bonchev–Trinajstić information content (AvgIpc) is 2.67. The maximum Gasteiger partial charge on any atom is 0.488 e. The first-order valence-corrected chi connectivity index (χ1v) is 5.51. The molecule has 0 saturated carbocycles. The zero-order valence-electron chi connectivity index (χ0n) is 8.72. The Bertz CT molecular complexity index is 705. The van der Waals surface area contributed by atoms with Gasteiger partial charge in [0.25, 0.3) is 0 Å². The molecule has 84 valence electrons. The van der Waals surface area contributed by atoms with Gasteiger partial charge < -0.3 is 14.5 Å². The largest absolute Gasteiger partial charge is 0.488 e. The van der Waals surface area contributed by atoms with Crippen LogP contribution in [0.15, 0.2) is 40.8 Å². The lowest BCUT2D eigenvalue weighted by molar-refractivity contribution is 0.426. The second kappa shape index (κ2) is 3.77. The number of hydrogen-bond acceptors (Lipinski definition) is 3. The summed E-state index contributed by atoms with van der Waals surface area (Å²) in [5.41, 5.74) is 1.79. The molecule has 0 unspecified atom stereocenters. The lowest BCUT2D eigenvalue weighted by Gasteiger charge is -1.98. The number of rotatable bonds is 1. The SMILES string of the molecule is OB(O)c1ccc2oc3cccc(Cl)c3c2c1. The summed E-state index contributed by atoms with van der Waals surface area (Å²) in [6, 6.07) is 10.4. The van der Waals surface area contributed by atoms with Gasteiger partial charge in [0.15, 0.2) is 0 Å². The summed E-state index contributed by atoms with van der Waals surface area (Å²) in [4.78, 5) is 0. The second-order valence-electron chi connectivity index (χ2n) is 3.84. The van der Waals surface area contributed by atoms with Crippen LogP contribution in [0.25, 0.3) is 21.9 Å². The van der Waals surface area contributed by atoms with Gasteiger partial charge in [-0.1, -0.05) is 29.8 Å². The lowest BCUT2D eigenvalue weighted by Crippen LogP contribution is -2.29. The highest BCUT2D eigenvalue weighted by Gasteiger charge is 2.15. The van der Waals surface area contributed by atoms with Gasteiger partial charge in [-0.2, -0.15) is 0 Å². The summed E-state index contributed by atoms with van der Waals surface area (Å²) in [5.74, 6) is 0. The Kier molecular flexibility index (Phi) is 2.36. The van der Waals surface area contributed by atoms with Gasteiger partial charge >= 0.3 is 7.12 Å². The monoisotopic (exact) mass is 246 g/mol. The third-order valence-corrected chi connectivity index (χ3v) is 3.08. The predicted molar refractivity (Wildman–Crippen MR) is 68.6 cm³/mol. The molecule has 0 aliphatic heterocycles. The van der Waals surface area contributed by atoms with E-state index in [1.54, 1.807) is 24.3 Å². The highest BCUT2D eigenvalue weighted by molar-refractivity contribution is 6.59. The molecule has 2 N–H and O–H groups in total.